The number of ether oxygens (including phenoxy) is 1. The van der Waals surface area contributed by atoms with Gasteiger partial charge >= 0.3 is 0 Å². The Hall–Kier alpha value is -0.590. The van der Waals surface area contributed by atoms with E-state index in [0.29, 0.717) is 12.6 Å². The molecule has 1 rings (SSSR count). The fraction of sp³-hybridized carbons (Fsp3) is 0.889. The number of nitrogens with one attached hydrogen (secondary N) is 1. The van der Waals surface area contributed by atoms with Crippen LogP contribution in [-0.4, -0.2) is 24.8 Å². The van der Waals surface area contributed by atoms with Crippen LogP contribution in [0.15, 0.2) is 0 Å². The van der Waals surface area contributed by atoms with E-state index < -0.39 is 0 Å². The quantitative estimate of drug-likeness (QED) is 0.667. The highest BCUT2D eigenvalue weighted by molar-refractivity contribution is 4.95. The molecule has 1 unspecified atom stereocenters. The van der Waals surface area contributed by atoms with Gasteiger partial charge < -0.3 is 4.74 Å². The zero-order chi connectivity index (χ0) is 8.97. The van der Waals surface area contributed by atoms with E-state index >= 15 is 0 Å². The van der Waals surface area contributed by atoms with E-state index in [2.05, 4.69) is 11.4 Å². The van der Waals surface area contributed by atoms with Gasteiger partial charge in [0.15, 0.2) is 0 Å². The Morgan fingerprint density at radius 1 is 1.58 bits per heavy atom. The molecule has 1 aliphatic carbocycles. The topological polar surface area (TPSA) is 45.0 Å². The number of hydrogen-bond donors (Lipinski definition) is 1. The normalized spacial score (nSPS) is 19.2. The molecule has 12 heavy (non-hydrogen) atoms. The zero-order valence-corrected chi connectivity index (χ0v) is 7.71. The molecule has 1 fully saturated rings. The molecule has 3 heteroatoms. The molecular weight excluding hydrogens is 152 g/mol. The molecular formula is C9H16N2O. The van der Waals surface area contributed by atoms with Gasteiger partial charge in [0.25, 0.3) is 0 Å². The summed E-state index contributed by atoms with van der Waals surface area (Å²) in [6, 6.07) is 2.64. The highest BCUT2D eigenvalue weighted by Crippen LogP contribution is 2.19. The summed E-state index contributed by atoms with van der Waals surface area (Å²) < 4.78 is 5.34. The molecule has 0 bridgehead atoms. The van der Waals surface area contributed by atoms with E-state index in [0.717, 1.165) is 0 Å². The van der Waals surface area contributed by atoms with Gasteiger partial charge in [-0.3, -0.25) is 5.32 Å². The van der Waals surface area contributed by atoms with Crippen LogP contribution in [0.25, 0.3) is 0 Å². The third-order valence-electron chi connectivity index (χ3n) is 1.77. The van der Waals surface area contributed by atoms with Crippen LogP contribution >= 0.6 is 0 Å². The standard InChI is InChI=1S/C9H16N2O/c1-7(2)12-6-9(5-10)11-8-3-4-8/h7-9,11H,3-4,6H2,1-2H3. The van der Waals surface area contributed by atoms with Gasteiger partial charge in [-0.25, -0.2) is 0 Å². The highest BCUT2D eigenvalue weighted by atomic mass is 16.5. The maximum Gasteiger partial charge on any atom is 0.119 e. The molecule has 0 saturated heterocycles. The Labute approximate surface area is 73.7 Å². The molecule has 0 amide bonds. The maximum atomic E-state index is 8.72. The first-order chi connectivity index (χ1) is 5.72. The minimum absolute atomic E-state index is 0.125. The van der Waals surface area contributed by atoms with E-state index in [1.54, 1.807) is 0 Å². The molecule has 1 aliphatic rings. The van der Waals surface area contributed by atoms with Crippen LogP contribution < -0.4 is 5.32 Å². The van der Waals surface area contributed by atoms with Crippen LogP contribution in [0.3, 0.4) is 0 Å². The summed E-state index contributed by atoms with van der Waals surface area (Å²) in [5, 5.41) is 11.9. The Kier molecular flexibility index (Phi) is 3.51. The summed E-state index contributed by atoms with van der Waals surface area (Å²) >= 11 is 0. The van der Waals surface area contributed by atoms with E-state index in [9.17, 15) is 0 Å². The zero-order valence-electron chi connectivity index (χ0n) is 7.71. The first-order valence-corrected chi connectivity index (χ1v) is 4.49. The molecule has 0 radical (unpaired) electrons. The largest absolute Gasteiger partial charge is 0.376 e. The number of nitrogens with zero attached hydrogens (tertiary/aromatic N) is 1. The average Bonchev–Trinajstić information content (AvgIpc) is 2.81. The lowest BCUT2D eigenvalue weighted by Crippen LogP contribution is -2.34. The second kappa shape index (κ2) is 4.44. The minimum atomic E-state index is -0.125. The number of nitriles is 1. The number of rotatable bonds is 5. The van der Waals surface area contributed by atoms with Gasteiger partial charge in [-0.1, -0.05) is 0 Å². The fourth-order valence-electron chi connectivity index (χ4n) is 0.946. The van der Waals surface area contributed by atoms with Crippen LogP contribution in [0, 0.1) is 11.3 Å². The Morgan fingerprint density at radius 2 is 2.25 bits per heavy atom. The van der Waals surface area contributed by atoms with Crippen LogP contribution in [-0.2, 0) is 4.74 Å². The number of hydrogen-bond acceptors (Lipinski definition) is 3. The predicted molar refractivity (Wildman–Crippen MR) is 46.6 cm³/mol. The van der Waals surface area contributed by atoms with Crippen molar-refractivity contribution in [2.24, 2.45) is 0 Å². The molecule has 0 aromatic rings. The van der Waals surface area contributed by atoms with Crippen molar-refractivity contribution in [2.75, 3.05) is 6.61 Å². The van der Waals surface area contributed by atoms with E-state index in [1.807, 2.05) is 13.8 Å². The molecule has 0 heterocycles. The van der Waals surface area contributed by atoms with Crippen molar-refractivity contribution in [2.45, 2.75) is 44.9 Å². The molecule has 1 saturated carbocycles. The predicted octanol–water partition coefficient (Wildman–Crippen LogP) is 1.06. The SMILES string of the molecule is CC(C)OCC(C#N)NC1CC1. The summed E-state index contributed by atoms with van der Waals surface area (Å²) in [5.74, 6) is 0. The fourth-order valence-corrected chi connectivity index (χ4v) is 0.946. The van der Waals surface area contributed by atoms with Crippen molar-refractivity contribution in [3.8, 4) is 6.07 Å². The smallest absolute Gasteiger partial charge is 0.119 e. The van der Waals surface area contributed by atoms with Crippen molar-refractivity contribution in [3.05, 3.63) is 0 Å². The van der Waals surface area contributed by atoms with Crippen LogP contribution in [0.5, 0.6) is 0 Å². The van der Waals surface area contributed by atoms with Crippen LogP contribution in [0.2, 0.25) is 0 Å². The first kappa shape index (κ1) is 9.50. The van der Waals surface area contributed by atoms with Gasteiger partial charge in [-0.05, 0) is 26.7 Å². The third kappa shape index (κ3) is 3.70. The van der Waals surface area contributed by atoms with Gasteiger partial charge in [0.05, 0.1) is 18.8 Å². The molecule has 0 aromatic heterocycles. The van der Waals surface area contributed by atoms with Crippen molar-refractivity contribution in [1.29, 1.82) is 5.26 Å². The van der Waals surface area contributed by atoms with Crippen molar-refractivity contribution in [1.82, 2.24) is 5.32 Å². The molecule has 0 aromatic carbocycles. The molecule has 1 atom stereocenters. The van der Waals surface area contributed by atoms with Gasteiger partial charge in [0.2, 0.25) is 0 Å². The summed E-state index contributed by atoms with van der Waals surface area (Å²) in [7, 11) is 0. The second-order valence-electron chi connectivity index (χ2n) is 3.50. The van der Waals surface area contributed by atoms with Crippen molar-refractivity contribution in [3.63, 3.8) is 0 Å². The average molecular weight is 168 g/mol. The van der Waals surface area contributed by atoms with E-state index in [4.69, 9.17) is 10.00 Å². The van der Waals surface area contributed by atoms with Gasteiger partial charge in [0.1, 0.15) is 6.04 Å². The Bertz CT molecular complexity index is 170. The molecule has 1 N–H and O–H groups in total. The minimum Gasteiger partial charge on any atom is -0.376 e. The van der Waals surface area contributed by atoms with E-state index in [1.165, 1.54) is 12.8 Å². The van der Waals surface area contributed by atoms with Gasteiger partial charge in [0, 0.05) is 6.04 Å². The second-order valence-corrected chi connectivity index (χ2v) is 3.50. The molecule has 0 spiro atoms. The summed E-state index contributed by atoms with van der Waals surface area (Å²) in [4.78, 5) is 0. The van der Waals surface area contributed by atoms with Gasteiger partial charge in [-0.2, -0.15) is 5.26 Å². The van der Waals surface area contributed by atoms with Gasteiger partial charge in [-0.15, -0.1) is 0 Å². The summed E-state index contributed by atoms with van der Waals surface area (Å²) in [5.41, 5.74) is 0. The molecule has 68 valence electrons. The monoisotopic (exact) mass is 168 g/mol. The molecule has 3 nitrogen and oxygen atoms in total. The van der Waals surface area contributed by atoms with Crippen LogP contribution in [0.4, 0.5) is 0 Å². The molecule has 0 aliphatic heterocycles. The third-order valence-corrected chi connectivity index (χ3v) is 1.77. The summed E-state index contributed by atoms with van der Waals surface area (Å²) in [6.07, 6.45) is 2.63. The lowest BCUT2D eigenvalue weighted by molar-refractivity contribution is 0.0702. The Morgan fingerprint density at radius 3 is 2.67 bits per heavy atom. The van der Waals surface area contributed by atoms with Crippen LogP contribution in [0.1, 0.15) is 26.7 Å². The lowest BCUT2D eigenvalue weighted by Gasteiger charge is -2.12. The highest BCUT2D eigenvalue weighted by Gasteiger charge is 2.24. The first-order valence-electron chi connectivity index (χ1n) is 4.49. The van der Waals surface area contributed by atoms with Crippen molar-refractivity contribution < 1.29 is 4.74 Å². The Balaban J connectivity index is 2.12. The van der Waals surface area contributed by atoms with E-state index in [-0.39, 0.29) is 12.1 Å². The maximum absolute atomic E-state index is 8.72. The lowest BCUT2D eigenvalue weighted by atomic mass is 10.3. The van der Waals surface area contributed by atoms with Crippen molar-refractivity contribution >= 4 is 0 Å². The summed E-state index contributed by atoms with van der Waals surface area (Å²) in [6.45, 7) is 4.46.